The number of hydrogen-bond acceptors (Lipinski definition) is 13. The van der Waals surface area contributed by atoms with Crippen molar-refractivity contribution in [3.05, 3.63) is 33.1 Å². The summed E-state index contributed by atoms with van der Waals surface area (Å²) in [7, 11) is -12.0. The largest absolute Gasteiger partial charge is 0.492 e. The summed E-state index contributed by atoms with van der Waals surface area (Å²) in [6.45, 7) is 1.15. The summed E-state index contributed by atoms with van der Waals surface area (Å²) < 4.78 is 71.1. The molecule has 0 aliphatic carbocycles. The standard InChI is InChI=1S/C15H27N2O14P3/c1-5-10-12(29-11(14(10)19)8-17-7-6-13(18)16-15(17)20)9-28-33(23,26-3)31-34(24,27-4)30-32(21,22)25-2/h6-7,10-12,14,19H,5,8-9H2,1-4H3,(H,21,22)(H,16,18,20)/t10-,11+,12-,14-,33?,34?/m1/s1. The summed E-state index contributed by atoms with van der Waals surface area (Å²) in [6.07, 6.45) is -1.18. The van der Waals surface area contributed by atoms with Gasteiger partial charge in [-0.3, -0.25) is 32.4 Å². The molecule has 2 rings (SSSR count). The van der Waals surface area contributed by atoms with Gasteiger partial charge in [0.2, 0.25) is 0 Å². The van der Waals surface area contributed by atoms with Crippen LogP contribution in [0.4, 0.5) is 0 Å². The van der Waals surface area contributed by atoms with Crippen molar-refractivity contribution in [2.75, 3.05) is 27.9 Å². The Labute approximate surface area is 193 Å². The summed E-state index contributed by atoms with van der Waals surface area (Å²) in [5, 5.41) is 10.6. The molecule has 19 heteroatoms. The van der Waals surface area contributed by atoms with Crippen LogP contribution in [0.1, 0.15) is 13.3 Å². The van der Waals surface area contributed by atoms with Crippen LogP contribution in [-0.2, 0) is 51.7 Å². The molecule has 1 fully saturated rings. The number of aliphatic hydroxyl groups is 1. The molecule has 34 heavy (non-hydrogen) atoms. The maximum atomic E-state index is 12.8. The fraction of sp³-hybridized carbons (Fsp3) is 0.733. The number of rotatable bonds is 13. The Balaban J connectivity index is 2.12. The lowest BCUT2D eigenvalue weighted by atomic mass is 9.94. The minimum atomic E-state index is -4.95. The Bertz CT molecular complexity index is 1090. The Morgan fingerprint density at radius 3 is 2.24 bits per heavy atom. The number of H-pyrrole nitrogens is 1. The lowest BCUT2D eigenvalue weighted by Crippen LogP contribution is -2.36. The van der Waals surface area contributed by atoms with E-state index in [2.05, 4.69) is 27.2 Å². The molecule has 1 aliphatic rings. The molecule has 0 radical (unpaired) electrons. The number of phosphoric acid groups is 3. The van der Waals surface area contributed by atoms with Gasteiger partial charge in [0, 0.05) is 39.5 Å². The van der Waals surface area contributed by atoms with E-state index in [9.17, 15) is 33.3 Å². The summed E-state index contributed by atoms with van der Waals surface area (Å²) in [4.78, 5) is 34.6. The molecule has 1 saturated heterocycles. The van der Waals surface area contributed by atoms with Crippen molar-refractivity contribution in [2.24, 2.45) is 5.92 Å². The fourth-order valence-electron chi connectivity index (χ4n) is 3.14. The first-order chi connectivity index (χ1) is 15.8. The molecule has 0 bridgehead atoms. The number of ether oxygens (including phenoxy) is 1. The normalized spacial score (nSPS) is 28.2. The van der Waals surface area contributed by atoms with Gasteiger partial charge in [-0.1, -0.05) is 6.92 Å². The zero-order valence-corrected chi connectivity index (χ0v) is 21.4. The summed E-state index contributed by atoms with van der Waals surface area (Å²) in [5.41, 5.74) is -1.27. The van der Waals surface area contributed by atoms with Gasteiger partial charge < -0.3 is 14.7 Å². The van der Waals surface area contributed by atoms with Gasteiger partial charge in [0.25, 0.3) is 5.56 Å². The second kappa shape index (κ2) is 11.8. The smallest absolute Gasteiger partial charge is 0.390 e. The van der Waals surface area contributed by atoms with E-state index in [4.69, 9.17) is 9.26 Å². The first-order valence-corrected chi connectivity index (χ1v) is 14.1. The second-order valence-corrected chi connectivity index (χ2v) is 12.3. The van der Waals surface area contributed by atoms with Gasteiger partial charge in [0.1, 0.15) is 6.10 Å². The maximum absolute atomic E-state index is 12.8. The van der Waals surface area contributed by atoms with E-state index in [0.29, 0.717) is 6.42 Å². The summed E-state index contributed by atoms with van der Waals surface area (Å²) in [6, 6.07) is 1.14. The first-order valence-electron chi connectivity index (χ1n) is 9.71. The summed E-state index contributed by atoms with van der Waals surface area (Å²) >= 11 is 0. The van der Waals surface area contributed by atoms with Crippen LogP contribution >= 0.6 is 23.5 Å². The number of aromatic nitrogens is 2. The molecule has 1 aromatic rings. The third-order valence-electron chi connectivity index (χ3n) is 4.87. The Hall–Kier alpha value is -0.990. The lowest BCUT2D eigenvalue weighted by Gasteiger charge is -2.24. The third kappa shape index (κ3) is 7.50. The molecule has 0 amide bonds. The average Bonchev–Trinajstić information content (AvgIpc) is 3.08. The van der Waals surface area contributed by atoms with Crippen molar-refractivity contribution in [1.29, 1.82) is 0 Å². The maximum Gasteiger partial charge on any atom is 0.492 e. The highest BCUT2D eigenvalue weighted by Crippen LogP contribution is 2.71. The molecule has 7 atom stereocenters. The molecular weight excluding hydrogens is 525 g/mol. The van der Waals surface area contributed by atoms with Crippen LogP contribution in [0.5, 0.6) is 0 Å². The van der Waals surface area contributed by atoms with Gasteiger partial charge in [-0.25, -0.2) is 18.5 Å². The first kappa shape index (κ1) is 29.2. The lowest BCUT2D eigenvalue weighted by molar-refractivity contribution is -0.0203. The van der Waals surface area contributed by atoms with Crippen LogP contribution in [0.2, 0.25) is 0 Å². The molecule has 1 aromatic heterocycles. The van der Waals surface area contributed by atoms with Crippen molar-refractivity contribution in [3.8, 4) is 0 Å². The minimum Gasteiger partial charge on any atom is -0.390 e. The van der Waals surface area contributed by atoms with Crippen molar-refractivity contribution in [2.45, 2.75) is 38.2 Å². The van der Waals surface area contributed by atoms with Gasteiger partial charge in [0.05, 0.1) is 25.4 Å². The topological polar surface area (TPSA) is 211 Å². The van der Waals surface area contributed by atoms with Crippen LogP contribution in [0.3, 0.4) is 0 Å². The van der Waals surface area contributed by atoms with E-state index in [1.54, 1.807) is 6.92 Å². The van der Waals surface area contributed by atoms with Gasteiger partial charge in [0.15, 0.2) is 0 Å². The Kier molecular flexibility index (Phi) is 10.2. The number of hydrogen-bond donors (Lipinski definition) is 3. The van der Waals surface area contributed by atoms with E-state index in [-0.39, 0.29) is 6.54 Å². The average molecular weight is 552 g/mol. The number of phosphoric ester groups is 2. The minimum absolute atomic E-state index is 0.0995. The zero-order valence-electron chi connectivity index (χ0n) is 18.7. The number of nitrogens with one attached hydrogen (secondary N) is 1. The van der Waals surface area contributed by atoms with Crippen molar-refractivity contribution in [3.63, 3.8) is 0 Å². The van der Waals surface area contributed by atoms with E-state index in [1.165, 1.54) is 6.20 Å². The van der Waals surface area contributed by atoms with Crippen molar-refractivity contribution < 1.29 is 55.1 Å². The predicted molar refractivity (Wildman–Crippen MR) is 114 cm³/mol. The van der Waals surface area contributed by atoms with Gasteiger partial charge in [-0.2, -0.15) is 8.62 Å². The molecule has 3 unspecified atom stereocenters. The molecule has 16 nitrogen and oxygen atoms in total. The molecule has 0 saturated carbocycles. The van der Waals surface area contributed by atoms with E-state index < -0.39 is 65.6 Å². The van der Waals surface area contributed by atoms with Gasteiger partial charge >= 0.3 is 29.2 Å². The molecule has 196 valence electrons. The highest BCUT2D eigenvalue weighted by molar-refractivity contribution is 7.67. The van der Waals surface area contributed by atoms with Crippen LogP contribution < -0.4 is 11.2 Å². The second-order valence-electron chi connectivity index (χ2n) is 6.91. The number of aliphatic hydroxyl groups excluding tert-OH is 1. The molecule has 0 aromatic carbocycles. The number of nitrogens with zero attached hydrogens (tertiary/aromatic N) is 1. The Morgan fingerprint density at radius 2 is 1.71 bits per heavy atom. The van der Waals surface area contributed by atoms with E-state index in [0.717, 1.165) is 32.0 Å². The molecule has 1 aliphatic heterocycles. The quantitative estimate of drug-likeness (QED) is 0.292. The monoisotopic (exact) mass is 552 g/mol. The van der Waals surface area contributed by atoms with Gasteiger partial charge in [-0.05, 0) is 6.42 Å². The third-order valence-corrected chi connectivity index (χ3v) is 9.92. The summed E-state index contributed by atoms with van der Waals surface area (Å²) in [5.74, 6) is -0.537. The molecule has 2 heterocycles. The Morgan fingerprint density at radius 1 is 1.06 bits per heavy atom. The molecule has 3 N–H and O–H groups in total. The van der Waals surface area contributed by atoms with E-state index >= 15 is 0 Å². The van der Waals surface area contributed by atoms with Crippen molar-refractivity contribution >= 4 is 23.5 Å². The van der Waals surface area contributed by atoms with Crippen LogP contribution in [0.15, 0.2) is 21.9 Å². The predicted octanol–water partition coefficient (Wildman–Crippen LogP) is 0.997. The van der Waals surface area contributed by atoms with Gasteiger partial charge in [-0.15, -0.1) is 0 Å². The highest BCUT2D eigenvalue weighted by atomic mass is 31.3. The fourth-order valence-corrected chi connectivity index (χ4v) is 7.21. The van der Waals surface area contributed by atoms with E-state index in [1.807, 2.05) is 0 Å². The zero-order chi connectivity index (χ0) is 25.7. The van der Waals surface area contributed by atoms with Crippen LogP contribution in [0, 0.1) is 5.92 Å². The SMILES string of the molecule is CC[C@H]1[C@@H](O)[C@H](Cn2ccc(=O)[nH]c2=O)O[C@@H]1COP(=O)(OC)OP(=O)(OC)OP(=O)(O)OC. The van der Waals surface area contributed by atoms with Crippen molar-refractivity contribution in [1.82, 2.24) is 9.55 Å². The number of aromatic amines is 1. The molecular formula is C15H27N2O14P3. The van der Waals surface area contributed by atoms with Crippen LogP contribution in [-0.4, -0.2) is 65.8 Å². The van der Waals surface area contributed by atoms with Crippen LogP contribution in [0.25, 0.3) is 0 Å². The highest BCUT2D eigenvalue weighted by Gasteiger charge is 2.47. The molecule has 0 spiro atoms.